The fourth-order valence-electron chi connectivity index (χ4n) is 4.63. The molecule has 0 N–H and O–H groups in total. The minimum atomic E-state index is -0.459. The van der Waals surface area contributed by atoms with Crippen molar-refractivity contribution in [3.05, 3.63) is 125 Å². The number of esters is 1. The third kappa shape index (κ3) is 5.05. The van der Waals surface area contributed by atoms with Crippen molar-refractivity contribution in [1.29, 1.82) is 0 Å². The Labute approximate surface area is 216 Å². The quantitative estimate of drug-likeness (QED) is 0.300. The van der Waals surface area contributed by atoms with E-state index in [2.05, 4.69) is 17.0 Å². The van der Waals surface area contributed by atoms with Crippen LogP contribution >= 0.6 is 0 Å². The first-order chi connectivity index (χ1) is 18.0. The van der Waals surface area contributed by atoms with Gasteiger partial charge >= 0.3 is 5.97 Å². The van der Waals surface area contributed by atoms with E-state index >= 15 is 0 Å². The number of hydrogen-bond acceptors (Lipinski definition) is 5. The van der Waals surface area contributed by atoms with Crippen molar-refractivity contribution >= 4 is 23.3 Å². The van der Waals surface area contributed by atoms with E-state index in [-0.39, 0.29) is 12.5 Å². The Morgan fingerprint density at radius 1 is 0.865 bits per heavy atom. The SMILES string of the molecule is COC(=O)COc1cccc([C@@H]2N(Cc3ccccc3)c3ccccc3C(=O)N2c2ccc(C)cc2)c1. The van der Waals surface area contributed by atoms with E-state index in [9.17, 15) is 9.59 Å². The van der Waals surface area contributed by atoms with Crippen LogP contribution in [0.2, 0.25) is 0 Å². The topological polar surface area (TPSA) is 59.1 Å². The van der Waals surface area contributed by atoms with E-state index < -0.39 is 12.1 Å². The Balaban J connectivity index is 1.66. The lowest BCUT2D eigenvalue weighted by atomic mass is 9.98. The maximum Gasteiger partial charge on any atom is 0.343 e. The lowest BCUT2D eigenvalue weighted by Crippen LogP contribution is -2.49. The normalized spacial score (nSPS) is 14.8. The number of fused-ring (bicyclic) bond motifs is 1. The summed E-state index contributed by atoms with van der Waals surface area (Å²) in [5.74, 6) is -0.00784. The van der Waals surface area contributed by atoms with E-state index in [4.69, 9.17) is 9.47 Å². The Morgan fingerprint density at radius 3 is 2.35 bits per heavy atom. The number of aryl methyl sites for hydroxylation is 1. The molecular weight excluding hydrogens is 464 g/mol. The Morgan fingerprint density at radius 2 is 1.59 bits per heavy atom. The van der Waals surface area contributed by atoms with Crippen LogP contribution < -0.4 is 14.5 Å². The number of anilines is 2. The van der Waals surface area contributed by atoms with Crippen LogP contribution in [0.5, 0.6) is 5.75 Å². The summed E-state index contributed by atoms with van der Waals surface area (Å²) in [5.41, 5.74) is 5.41. The van der Waals surface area contributed by atoms with E-state index in [0.717, 1.165) is 28.1 Å². The largest absolute Gasteiger partial charge is 0.482 e. The molecule has 1 atom stereocenters. The molecule has 6 nitrogen and oxygen atoms in total. The smallest absolute Gasteiger partial charge is 0.343 e. The van der Waals surface area contributed by atoms with Gasteiger partial charge in [-0.3, -0.25) is 9.69 Å². The second-order valence-electron chi connectivity index (χ2n) is 8.95. The van der Waals surface area contributed by atoms with E-state index in [1.165, 1.54) is 7.11 Å². The summed E-state index contributed by atoms with van der Waals surface area (Å²) >= 11 is 0. The van der Waals surface area contributed by atoms with Crippen molar-refractivity contribution < 1.29 is 19.1 Å². The summed E-state index contributed by atoms with van der Waals surface area (Å²) in [6, 6.07) is 33.4. The maximum atomic E-state index is 14.0. The number of rotatable bonds is 7. The molecule has 0 spiro atoms. The lowest BCUT2D eigenvalue weighted by molar-refractivity contribution is -0.142. The fraction of sp³-hybridized carbons (Fsp3) is 0.161. The Kier molecular flexibility index (Phi) is 6.90. The van der Waals surface area contributed by atoms with Crippen molar-refractivity contribution in [2.24, 2.45) is 0 Å². The average Bonchev–Trinajstić information content (AvgIpc) is 2.94. The van der Waals surface area contributed by atoms with Crippen LogP contribution in [0.25, 0.3) is 0 Å². The monoisotopic (exact) mass is 492 g/mol. The zero-order valence-electron chi connectivity index (χ0n) is 20.8. The van der Waals surface area contributed by atoms with Crippen LogP contribution in [0.15, 0.2) is 103 Å². The van der Waals surface area contributed by atoms with Gasteiger partial charge in [-0.1, -0.05) is 72.3 Å². The summed E-state index contributed by atoms with van der Waals surface area (Å²) in [6.45, 7) is 2.42. The molecule has 0 fully saturated rings. The van der Waals surface area contributed by atoms with Gasteiger partial charge in [0.2, 0.25) is 0 Å². The minimum Gasteiger partial charge on any atom is -0.482 e. The molecule has 1 aliphatic rings. The molecule has 1 heterocycles. The molecular formula is C31H28N2O4. The van der Waals surface area contributed by atoms with Crippen LogP contribution in [0.1, 0.15) is 33.2 Å². The van der Waals surface area contributed by atoms with Gasteiger partial charge in [-0.25, -0.2) is 4.79 Å². The van der Waals surface area contributed by atoms with E-state index in [1.54, 1.807) is 6.07 Å². The molecule has 37 heavy (non-hydrogen) atoms. The highest BCUT2D eigenvalue weighted by Crippen LogP contribution is 2.42. The second-order valence-corrected chi connectivity index (χ2v) is 8.95. The summed E-state index contributed by atoms with van der Waals surface area (Å²) in [6.07, 6.45) is -0.452. The van der Waals surface area contributed by atoms with Gasteiger partial charge in [0.25, 0.3) is 5.91 Å². The molecule has 0 aromatic heterocycles. The molecule has 0 saturated heterocycles. The van der Waals surface area contributed by atoms with Crippen molar-refractivity contribution in [1.82, 2.24) is 0 Å². The van der Waals surface area contributed by atoms with E-state index in [0.29, 0.717) is 17.9 Å². The number of amides is 1. The van der Waals surface area contributed by atoms with Crippen molar-refractivity contribution in [3.8, 4) is 5.75 Å². The van der Waals surface area contributed by atoms with Crippen LogP contribution in [0.3, 0.4) is 0 Å². The lowest BCUT2D eigenvalue weighted by Gasteiger charge is -2.46. The van der Waals surface area contributed by atoms with Crippen molar-refractivity contribution in [3.63, 3.8) is 0 Å². The highest BCUT2D eigenvalue weighted by molar-refractivity contribution is 6.12. The number of nitrogens with zero attached hydrogens (tertiary/aromatic N) is 2. The predicted octanol–water partition coefficient (Wildman–Crippen LogP) is 5.91. The van der Waals surface area contributed by atoms with Gasteiger partial charge in [-0.05, 0) is 54.4 Å². The van der Waals surface area contributed by atoms with Gasteiger partial charge in [-0.2, -0.15) is 0 Å². The summed E-state index contributed by atoms with van der Waals surface area (Å²) in [7, 11) is 1.33. The van der Waals surface area contributed by atoms with Crippen LogP contribution in [0.4, 0.5) is 11.4 Å². The third-order valence-corrected chi connectivity index (χ3v) is 6.45. The standard InChI is InChI=1S/C31H28N2O4/c1-22-15-17-25(18-16-22)33-30(24-11-8-12-26(19-24)37-21-29(34)36-2)32(20-23-9-4-3-5-10-23)28-14-7-6-13-27(28)31(33)35/h3-19,30H,20-21H2,1-2H3/t30-/m1/s1. The average molecular weight is 493 g/mol. The van der Waals surface area contributed by atoms with Gasteiger partial charge < -0.3 is 14.4 Å². The number of ether oxygens (including phenoxy) is 2. The summed E-state index contributed by atoms with van der Waals surface area (Å²) < 4.78 is 10.4. The Hall–Kier alpha value is -4.58. The minimum absolute atomic E-state index is 0.0744. The van der Waals surface area contributed by atoms with E-state index in [1.807, 2.05) is 96.8 Å². The first kappa shape index (κ1) is 24.1. The third-order valence-electron chi connectivity index (χ3n) is 6.45. The van der Waals surface area contributed by atoms with Gasteiger partial charge in [0, 0.05) is 12.2 Å². The molecule has 0 saturated carbocycles. The molecule has 0 aliphatic carbocycles. The molecule has 0 bridgehead atoms. The summed E-state index contributed by atoms with van der Waals surface area (Å²) in [4.78, 5) is 29.8. The highest BCUT2D eigenvalue weighted by atomic mass is 16.6. The van der Waals surface area contributed by atoms with Crippen LogP contribution in [-0.4, -0.2) is 25.6 Å². The molecule has 0 radical (unpaired) electrons. The number of carbonyl (C=O) groups is 2. The van der Waals surface area contributed by atoms with Crippen molar-refractivity contribution in [2.75, 3.05) is 23.5 Å². The van der Waals surface area contributed by atoms with Crippen LogP contribution in [0, 0.1) is 6.92 Å². The molecule has 4 aromatic carbocycles. The molecule has 6 heteroatoms. The zero-order chi connectivity index (χ0) is 25.8. The second kappa shape index (κ2) is 10.6. The maximum absolute atomic E-state index is 14.0. The first-order valence-electron chi connectivity index (χ1n) is 12.1. The number of para-hydroxylation sites is 1. The Bertz CT molecular complexity index is 1400. The number of hydrogen-bond donors (Lipinski definition) is 0. The first-order valence-corrected chi connectivity index (χ1v) is 12.1. The molecule has 186 valence electrons. The summed E-state index contributed by atoms with van der Waals surface area (Å²) in [5, 5.41) is 0. The molecule has 1 amide bonds. The van der Waals surface area contributed by atoms with Gasteiger partial charge in [-0.15, -0.1) is 0 Å². The number of methoxy groups -OCH3 is 1. The van der Waals surface area contributed by atoms with Crippen LogP contribution in [-0.2, 0) is 16.1 Å². The van der Waals surface area contributed by atoms with Gasteiger partial charge in [0.05, 0.1) is 18.4 Å². The molecule has 4 aromatic rings. The zero-order valence-corrected chi connectivity index (χ0v) is 20.8. The molecule has 5 rings (SSSR count). The predicted molar refractivity (Wildman–Crippen MR) is 144 cm³/mol. The number of benzene rings is 4. The highest BCUT2D eigenvalue weighted by Gasteiger charge is 2.39. The van der Waals surface area contributed by atoms with Gasteiger partial charge in [0.1, 0.15) is 11.9 Å². The van der Waals surface area contributed by atoms with Gasteiger partial charge in [0.15, 0.2) is 6.61 Å². The fourth-order valence-corrected chi connectivity index (χ4v) is 4.63. The van der Waals surface area contributed by atoms with Crippen molar-refractivity contribution in [2.45, 2.75) is 19.6 Å². The number of carbonyl (C=O) groups excluding carboxylic acids is 2. The molecule has 0 unspecified atom stereocenters. The molecule has 1 aliphatic heterocycles.